The van der Waals surface area contributed by atoms with Gasteiger partial charge in [-0.05, 0) is 19.1 Å². The van der Waals surface area contributed by atoms with Crippen LogP contribution in [-0.2, 0) is 0 Å². The fraction of sp³-hybridized carbons (Fsp3) is 0.308. The Bertz CT molecular complexity index is 561. The molecule has 1 amide bonds. The molecule has 1 atom stereocenters. The molecular weight excluding hydrogens is 260 g/mol. The lowest BCUT2D eigenvalue weighted by Gasteiger charge is -2.15. The van der Waals surface area contributed by atoms with Crippen molar-refractivity contribution in [2.75, 3.05) is 14.2 Å². The molecule has 2 rings (SSSR count). The molecule has 2 aromatic rings. The van der Waals surface area contributed by atoms with Crippen LogP contribution in [0.15, 0.2) is 24.5 Å². The number of methoxy groups -OCH3 is 2. The number of rotatable bonds is 5. The fourth-order valence-corrected chi connectivity index (χ4v) is 1.84. The highest BCUT2D eigenvalue weighted by Crippen LogP contribution is 2.28. The summed E-state index contributed by atoms with van der Waals surface area (Å²) in [6, 6.07) is 4.86. The quantitative estimate of drug-likeness (QED) is 0.859. The normalized spacial score (nSPS) is 11.8. The number of aromatic nitrogens is 3. The number of nitrogens with one attached hydrogen (secondary N) is 2. The molecule has 0 aliphatic heterocycles. The maximum Gasteiger partial charge on any atom is 0.259 e. The van der Waals surface area contributed by atoms with E-state index in [1.165, 1.54) is 20.5 Å². The van der Waals surface area contributed by atoms with Crippen LogP contribution in [0.1, 0.15) is 29.1 Å². The molecule has 0 saturated carbocycles. The number of hydrogen-bond donors (Lipinski definition) is 2. The molecule has 1 aromatic carbocycles. The molecule has 7 nitrogen and oxygen atoms in total. The van der Waals surface area contributed by atoms with Gasteiger partial charge in [-0.1, -0.05) is 6.07 Å². The average molecular weight is 276 g/mol. The first-order valence-electron chi connectivity index (χ1n) is 6.04. The van der Waals surface area contributed by atoms with Crippen molar-refractivity contribution in [3.63, 3.8) is 0 Å². The smallest absolute Gasteiger partial charge is 0.259 e. The lowest BCUT2D eigenvalue weighted by atomic mass is 10.1. The molecule has 1 unspecified atom stereocenters. The van der Waals surface area contributed by atoms with E-state index in [2.05, 4.69) is 20.5 Å². The zero-order valence-corrected chi connectivity index (χ0v) is 11.5. The van der Waals surface area contributed by atoms with Crippen LogP contribution < -0.4 is 14.8 Å². The highest BCUT2D eigenvalue weighted by Gasteiger charge is 2.20. The summed E-state index contributed by atoms with van der Waals surface area (Å²) in [6.07, 6.45) is 1.39. The van der Waals surface area contributed by atoms with Gasteiger partial charge in [0, 0.05) is 0 Å². The second kappa shape index (κ2) is 6.05. The van der Waals surface area contributed by atoms with Crippen LogP contribution >= 0.6 is 0 Å². The standard InChI is InChI=1S/C13H16N4O3/c1-8(12-14-7-15-17-12)16-13(18)11-9(19-2)5-4-6-10(11)20-3/h4-8H,1-3H3,(H,16,18)(H,14,15,17). The number of H-pyrrole nitrogens is 1. The average Bonchev–Trinajstić information content (AvgIpc) is 3.00. The molecule has 106 valence electrons. The summed E-state index contributed by atoms with van der Waals surface area (Å²) in [7, 11) is 3.01. The Morgan fingerprint density at radius 2 is 1.95 bits per heavy atom. The molecule has 1 aromatic heterocycles. The summed E-state index contributed by atoms with van der Waals surface area (Å²) in [5.74, 6) is 1.17. The van der Waals surface area contributed by atoms with Crippen molar-refractivity contribution < 1.29 is 14.3 Å². The Morgan fingerprint density at radius 1 is 1.30 bits per heavy atom. The lowest BCUT2D eigenvalue weighted by Crippen LogP contribution is -2.28. The predicted octanol–water partition coefficient (Wildman–Crippen LogP) is 1.31. The summed E-state index contributed by atoms with van der Waals surface area (Å²) in [5.41, 5.74) is 0.351. The molecule has 0 saturated heterocycles. The third-order valence-electron chi connectivity index (χ3n) is 2.85. The number of carbonyl (C=O) groups excluding carboxylic acids is 1. The van der Waals surface area contributed by atoms with E-state index >= 15 is 0 Å². The largest absolute Gasteiger partial charge is 0.496 e. The van der Waals surface area contributed by atoms with Gasteiger partial charge >= 0.3 is 0 Å². The number of benzene rings is 1. The number of carbonyl (C=O) groups is 1. The molecule has 7 heteroatoms. The van der Waals surface area contributed by atoms with Crippen LogP contribution in [0.25, 0.3) is 0 Å². The Labute approximate surface area is 116 Å². The first-order valence-corrected chi connectivity index (χ1v) is 6.04. The summed E-state index contributed by atoms with van der Waals surface area (Å²) in [5, 5.41) is 9.28. The molecule has 20 heavy (non-hydrogen) atoms. The topological polar surface area (TPSA) is 89.1 Å². The first kappa shape index (κ1) is 13.9. The number of nitrogens with zero attached hydrogens (tertiary/aromatic N) is 2. The van der Waals surface area contributed by atoms with E-state index in [0.717, 1.165) is 0 Å². The van der Waals surface area contributed by atoms with Gasteiger partial charge in [-0.2, -0.15) is 5.10 Å². The highest BCUT2D eigenvalue weighted by atomic mass is 16.5. The van der Waals surface area contributed by atoms with E-state index in [-0.39, 0.29) is 11.9 Å². The maximum absolute atomic E-state index is 12.4. The molecule has 2 N–H and O–H groups in total. The van der Waals surface area contributed by atoms with Crippen LogP contribution in [0.4, 0.5) is 0 Å². The minimum atomic E-state index is -0.306. The van der Waals surface area contributed by atoms with Crippen LogP contribution in [-0.4, -0.2) is 35.3 Å². The Hall–Kier alpha value is -2.57. The van der Waals surface area contributed by atoms with Gasteiger partial charge in [0.2, 0.25) is 0 Å². The summed E-state index contributed by atoms with van der Waals surface area (Å²) in [6.45, 7) is 1.81. The van der Waals surface area contributed by atoms with Gasteiger partial charge in [-0.15, -0.1) is 0 Å². The van der Waals surface area contributed by atoms with Crippen molar-refractivity contribution in [2.24, 2.45) is 0 Å². The number of hydrogen-bond acceptors (Lipinski definition) is 5. The number of amides is 1. The third kappa shape index (κ3) is 2.71. The second-order valence-corrected chi connectivity index (χ2v) is 4.10. The van der Waals surface area contributed by atoms with Crippen molar-refractivity contribution in [1.82, 2.24) is 20.5 Å². The van der Waals surface area contributed by atoms with Crippen molar-refractivity contribution in [3.8, 4) is 11.5 Å². The molecule has 0 aliphatic carbocycles. The van der Waals surface area contributed by atoms with Crippen molar-refractivity contribution in [2.45, 2.75) is 13.0 Å². The number of ether oxygens (including phenoxy) is 2. The molecule has 1 heterocycles. The third-order valence-corrected chi connectivity index (χ3v) is 2.85. The first-order chi connectivity index (χ1) is 9.67. The van der Waals surface area contributed by atoms with Gasteiger partial charge in [0.05, 0.1) is 20.3 Å². The molecule has 0 aliphatic rings. The monoisotopic (exact) mass is 276 g/mol. The van der Waals surface area contributed by atoms with Gasteiger partial charge < -0.3 is 14.8 Å². The number of aromatic amines is 1. The SMILES string of the molecule is COc1cccc(OC)c1C(=O)NC(C)c1ncn[nH]1. The molecule has 0 spiro atoms. The fourth-order valence-electron chi connectivity index (χ4n) is 1.84. The van der Waals surface area contributed by atoms with Gasteiger partial charge in [-0.3, -0.25) is 9.89 Å². The van der Waals surface area contributed by atoms with Crippen molar-refractivity contribution in [3.05, 3.63) is 35.9 Å². The van der Waals surface area contributed by atoms with Gasteiger partial charge in [-0.25, -0.2) is 4.98 Å². The van der Waals surface area contributed by atoms with Crippen molar-refractivity contribution >= 4 is 5.91 Å². The summed E-state index contributed by atoms with van der Waals surface area (Å²) < 4.78 is 10.4. The minimum Gasteiger partial charge on any atom is -0.496 e. The maximum atomic E-state index is 12.4. The molecule has 0 fully saturated rings. The van der Waals surface area contributed by atoms with Crippen molar-refractivity contribution in [1.29, 1.82) is 0 Å². The van der Waals surface area contributed by atoms with E-state index in [1.54, 1.807) is 25.1 Å². The second-order valence-electron chi connectivity index (χ2n) is 4.10. The molecular formula is C13H16N4O3. The Balaban J connectivity index is 2.25. The van der Waals surface area contributed by atoms with E-state index in [9.17, 15) is 4.79 Å². The summed E-state index contributed by atoms with van der Waals surface area (Å²) >= 11 is 0. The molecule has 0 bridgehead atoms. The van der Waals surface area contributed by atoms with Gasteiger partial charge in [0.15, 0.2) is 0 Å². The Morgan fingerprint density at radius 3 is 2.45 bits per heavy atom. The van der Waals surface area contributed by atoms with E-state index < -0.39 is 0 Å². The van der Waals surface area contributed by atoms with Crippen LogP contribution in [0.2, 0.25) is 0 Å². The van der Waals surface area contributed by atoms with E-state index in [1.807, 2.05) is 0 Å². The Kier molecular flexibility index (Phi) is 4.19. The predicted molar refractivity (Wildman–Crippen MR) is 71.8 cm³/mol. The minimum absolute atomic E-state index is 0.303. The van der Waals surface area contributed by atoms with Gasteiger partial charge in [0.1, 0.15) is 29.2 Å². The van der Waals surface area contributed by atoms with Crippen LogP contribution in [0, 0.1) is 0 Å². The molecule has 0 radical (unpaired) electrons. The zero-order chi connectivity index (χ0) is 14.5. The van der Waals surface area contributed by atoms with E-state index in [0.29, 0.717) is 22.9 Å². The lowest BCUT2D eigenvalue weighted by molar-refractivity contribution is 0.0932. The van der Waals surface area contributed by atoms with Crippen LogP contribution in [0.3, 0.4) is 0 Å². The van der Waals surface area contributed by atoms with Gasteiger partial charge in [0.25, 0.3) is 5.91 Å². The van der Waals surface area contributed by atoms with Crippen LogP contribution in [0.5, 0.6) is 11.5 Å². The zero-order valence-electron chi connectivity index (χ0n) is 11.5. The summed E-state index contributed by atoms with van der Waals surface area (Å²) in [4.78, 5) is 16.4. The van der Waals surface area contributed by atoms with E-state index in [4.69, 9.17) is 9.47 Å². The highest BCUT2D eigenvalue weighted by molar-refractivity contribution is 5.99.